The Morgan fingerprint density at radius 2 is 1.61 bits per heavy atom. The van der Waals surface area contributed by atoms with Crippen molar-refractivity contribution in [3.05, 3.63) is 65.7 Å². The van der Waals surface area contributed by atoms with Crippen LogP contribution in [0.15, 0.2) is 59.5 Å². The number of ether oxygens (including phenoxy) is 3. The Morgan fingerprint density at radius 1 is 0.889 bits per heavy atom. The normalized spacial score (nSPS) is 16.0. The molecule has 2 aliphatic rings. The summed E-state index contributed by atoms with van der Waals surface area (Å²) in [7, 11) is -2.45. The molecule has 1 N–H and O–H groups in total. The molecular formula is C27H28N2O6S. The van der Waals surface area contributed by atoms with E-state index in [1.807, 2.05) is 13.0 Å². The van der Waals surface area contributed by atoms with Gasteiger partial charge < -0.3 is 19.5 Å². The van der Waals surface area contributed by atoms with Gasteiger partial charge in [-0.3, -0.25) is 4.79 Å². The number of methoxy groups -OCH3 is 1. The number of nitrogens with one attached hydrogen (secondary N) is 1. The fourth-order valence-electron chi connectivity index (χ4n) is 4.47. The van der Waals surface area contributed by atoms with E-state index in [4.69, 9.17) is 14.2 Å². The van der Waals surface area contributed by atoms with E-state index in [1.54, 1.807) is 36.4 Å². The van der Waals surface area contributed by atoms with Crippen LogP contribution in [0.3, 0.4) is 0 Å². The summed E-state index contributed by atoms with van der Waals surface area (Å²) < 4.78 is 46.9. The Balaban J connectivity index is 1.66. The average molecular weight is 509 g/mol. The smallest absolute Gasteiger partial charge is 0.259 e. The Labute approximate surface area is 210 Å². The second kappa shape index (κ2) is 9.83. The maximum absolute atomic E-state index is 13.9. The molecule has 8 nitrogen and oxygen atoms in total. The predicted molar refractivity (Wildman–Crippen MR) is 136 cm³/mol. The van der Waals surface area contributed by atoms with Crippen molar-refractivity contribution in [2.24, 2.45) is 0 Å². The summed E-state index contributed by atoms with van der Waals surface area (Å²) in [5.41, 5.74) is 1.58. The molecule has 0 aromatic heterocycles. The number of hydrogen-bond acceptors (Lipinski definition) is 6. The monoisotopic (exact) mass is 508 g/mol. The topological polar surface area (TPSA) is 94.2 Å². The number of rotatable bonds is 5. The van der Waals surface area contributed by atoms with Gasteiger partial charge in [-0.25, -0.2) is 8.42 Å². The first-order valence-electron chi connectivity index (χ1n) is 12.0. The van der Waals surface area contributed by atoms with Crippen LogP contribution in [0, 0.1) is 6.92 Å². The molecule has 0 atom stereocenters. The number of sulfonamides is 1. The summed E-state index contributed by atoms with van der Waals surface area (Å²) in [5, 5.41) is 2.84. The molecule has 2 heterocycles. The van der Waals surface area contributed by atoms with E-state index in [2.05, 4.69) is 5.32 Å². The lowest BCUT2D eigenvalue weighted by Gasteiger charge is -2.23. The highest BCUT2D eigenvalue weighted by Crippen LogP contribution is 2.43. The van der Waals surface area contributed by atoms with E-state index in [1.165, 1.54) is 23.5 Å². The van der Waals surface area contributed by atoms with Gasteiger partial charge in [0.25, 0.3) is 5.91 Å². The zero-order valence-electron chi connectivity index (χ0n) is 20.2. The van der Waals surface area contributed by atoms with Crippen LogP contribution in [0.4, 0.5) is 5.69 Å². The molecule has 5 rings (SSSR count). The number of para-hydroxylation sites is 2. The molecular weight excluding hydrogens is 480 g/mol. The maximum Gasteiger partial charge on any atom is 0.259 e. The molecule has 1 amide bonds. The number of amides is 1. The van der Waals surface area contributed by atoms with Crippen LogP contribution in [0.25, 0.3) is 0 Å². The molecule has 1 fully saturated rings. The van der Waals surface area contributed by atoms with Crippen LogP contribution >= 0.6 is 0 Å². The summed E-state index contributed by atoms with van der Waals surface area (Å²) in [4.78, 5) is 13.1. The number of benzene rings is 3. The first-order chi connectivity index (χ1) is 17.4. The van der Waals surface area contributed by atoms with Crippen LogP contribution in [0.2, 0.25) is 0 Å². The number of aryl methyl sites for hydroxylation is 1. The molecule has 0 bridgehead atoms. The molecule has 2 aliphatic heterocycles. The Kier molecular flexibility index (Phi) is 6.59. The van der Waals surface area contributed by atoms with Gasteiger partial charge in [0.1, 0.15) is 10.6 Å². The van der Waals surface area contributed by atoms with Gasteiger partial charge in [0.2, 0.25) is 10.0 Å². The van der Waals surface area contributed by atoms with Crippen molar-refractivity contribution in [1.29, 1.82) is 0 Å². The first-order valence-corrected chi connectivity index (χ1v) is 13.4. The quantitative estimate of drug-likeness (QED) is 0.474. The minimum atomic E-state index is -3.97. The zero-order chi connectivity index (χ0) is 25.3. The zero-order valence-corrected chi connectivity index (χ0v) is 21.1. The van der Waals surface area contributed by atoms with E-state index < -0.39 is 15.9 Å². The van der Waals surface area contributed by atoms with Crippen molar-refractivity contribution < 1.29 is 27.4 Å². The number of carbonyl (C=O) groups is 1. The summed E-state index contributed by atoms with van der Waals surface area (Å²) in [6, 6.07) is 15.3. The summed E-state index contributed by atoms with van der Waals surface area (Å²) >= 11 is 0. The van der Waals surface area contributed by atoms with Crippen molar-refractivity contribution in [1.82, 2.24) is 4.31 Å². The van der Waals surface area contributed by atoms with E-state index in [-0.39, 0.29) is 22.0 Å². The fraction of sp³-hybridized carbons (Fsp3) is 0.296. The van der Waals surface area contributed by atoms with Crippen LogP contribution in [0.1, 0.15) is 41.6 Å². The van der Waals surface area contributed by atoms with Crippen molar-refractivity contribution in [3.63, 3.8) is 0 Å². The number of hydrogen-bond donors (Lipinski definition) is 1. The summed E-state index contributed by atoms with van der Waals surface area (Å²) in [6.45, 7) is 2.75. The summed E-state index contributed by atoms with van der Waals surface area (Å²) in [5.74, 6) is 1.07. The van der Waals surface area contributed by atoms with E-state index in [0.717, 1.165) is 31.2 Å². The lowest BCUT2D eigenvalue weighted by atomic mass is 10.1. The van der Waals surface area contributed by atoms with E-state index in [0.29, 0.717) is 36.0 Å². The molecule has 0 aliphatic carbocycles. The largest absolute Gasteiger partial charge is 0.493 e. The predicted octanol–water partition coefficient (Wildman–Crippen LogP) is 5.72. The SMILES string of the molecule is COc1ccccc1Oc1cc2c(cc1S(=O)(=O)N1CCCCCC1)C(=O)Nc1cc(C)ccc1O2. The van der Waals surface area contributed by atoms with Crippen LogP contribution in [-0.4, -0.2) is 38.8 Å². The molecule has 1 saturated heterocycles. The van der Waals surface area contributed by atoms with Crippen LogP contribution < -0.4 is 19.5 Å². The molecule has 0 unspecified atom stereocenters. The third-order valence-corrected chi connectivity index (χ3v) is 8.29. The molecule has 9 heteroatoms. The van der Waals surface area contributed by atoms with Gasteiger partial charge in [0.05, 0.1) is 18.4 Å². The van der Waals surface area contributed by atoms with E-state index >= 15 is 0 Å². The number of carbonyl (C=O) groups excluding carboxylic acids is 1. The molecule has 0 saturated carbocycles. The molecule has 0 radical (unpaired) electrons. The van der Waals surface area contributed by atoms with Gasteiger partial charge in [-0.05, 0) is 55.7 Å². The van der Waals surface area contributed by atoms with Crippen LogP contribution in [0.5, 0.6) is 28.7 Å². The van der Waals surface area contributed by atoms with Gasteiger partial charge in [0.15, 0.2) is 23.0 Å². The first kappa shape index (κ1) is 24.1. The highest BCUT2D eigenvalue weighted by molar-refractivity contribution is 7.89. The Morgan fingerprint density at radius 3 is 2.33 bits per heavy atom. The van der Waals surface area contributed by atoms with Gasteiger partial charge in [0, 0.05) is 19.2 Å². The third-order valence-electron chi connectivity index (χ3n) is 6.37. The maximum atomic E-state index is 13.9. The second-order valence-corrected chi connectivity index (χ2v) is 10.8. The van der Waals surface area contributed by atoms with Crippen molar-refractivity contribution in [3.8, 4) is 28.7 Å². The van der Waals surface area contributed by atoms with Crippen molar-refractivity contribution >= 4 is 21.6 Å². The number of nitrogens with zero attached hydrogens (tertiary/aromatic N) is 1. The van der Waals surface area contributed by atoms with Crippen LogP contribution in [-0.2, 0) is 10.0 Å². The third kappa shape index (κ3) is 4.64. The number of anilines is 1. The van der Waals surface area contributed by atoms with Crippen molar-refractivity contribution in [2.45, 2.75) is 37.5 Å². The second-order valence-electron chi connectivity index (χ2n) is 8.92. The van der Waals surface area contributed by atoms with Gasteiger partial charge in [-0.1, -0.05) is 31.0 Å². The van der Waals surface area contributed by atoms with E-state index in [9.17, 15) is 13.2 Å². The standard InChI is InChI=1S/C27H28N2O6S/c1-18-11-12-21-20(15-18)28-27(30)19-16-26(36(31,32)29-13-7-3-4-8-14-29)25(17-24(19)34-21)35-23-10-6-5-9-22(23)33-2/h5-6,9-12,15-17H,3-4,7-8,13-14H2,1-2H3,(H,28,30). The van der Waals surface area contributed by atoms with Gasteiger partial charge >= 0.3 is 0 Å². The van der Waals surface area contributed by atoms with Gasteiger partial charge in [-0.15, -0.1) is 0 Å². The lowest BCUT2D eigenvalue weighted by Crippen LogP contribution is -2.32. The Hall–Kier alpha value is -3.56. The highest BCUT2D eigenvalue weighted by Gasteiger charge is 2.33. The minimum absolute atomic E-state index is 0.0610. The average Bonchev–Trinajstić information content (AvgIpc) is 3.22. The fourth-order valence-corrected chi connectivity index (χ4v) is 6.10. The number of fused-ring (bicyclic) bond motifs is 2. The summed E-state index contributed by atoms with van der Waals surface area (Å²) in [6.07, 6.45) is 3.53. The highest BCUT2D eigenvalue weighted by atomic mass is 32.2. The lowest BCUT2D eigenvalue weighted by molar-refractivity contribution is 0.102. The molecule has 3 aromatic carbocycles. The molecule has 36 heavy (non-hydrogen) atoms. The van der Waals surface area contributed by atoms with Gasteiger partial charge in [-0.2, -0.15) is 4.31 Å². The molecule has 3 aromatic rings. The molecule has 0 spiro atoms. The Bertz CT molecular complexity index is 1410. The minimum Gasteiger partial charge on any atom is -0.493 e. The molecule has 188 valence electrons. The van der Waals surface area contributed by atoms with Crippen molar-refractivity contribution in [2.75, 3.05) is 25.5 Å².